The van der Waals surface area contributed by atoms with Gasteiger partial charge < -0.3 is 14.6 Å². The smallest absolute Gasteiger partial charge is 0.128 e. The predicted molar refractivity (Wildman–Crippen MR) is 63.5 cm³/mol. The van der Waals surface area contributed by atoms with E-state index in [0.29, 0.717) is 17.3 Å². The summed E-state index contributed by atoms with van der Waals surface area (Å²) in [6.45, 7) is 0.744. The van der Waals surface area contributed by atoms with Crippen molar-refractivity contribution in [3.05, 3.63) is 17.2 Å². The van der Waals surface area contributed by atoms with Gasteiger partial charge in [0.15, 0.2) is 0 Å². The molecule has 1 aliphatic rings. The molecule has 1 fully saturated rings. The maximum atomic E-state index is 5.93. The van der Waals surface area contributed by atoms with Gasteiger partial charge in [0.05, 0.1) is 18.8 Å². The van der Waals surface area contributed by atoms with Crippen molar-refractivity contribution in [2.24, 2.45) is 7.05 Å². The molecule has 2 unspecified atom stereocenters. The van der Waals surface area contributed by atoms with Crippen LogP contribution >= 0.6 is 11.6 Å². The van der Waals surface area contributed by atoms with E-state index in [4.69, 9.17) is 16.3 Å². The Kier molecular flexibility index (Phi) is 3.84. The first kappa shape index (κ1) is 11.9. The van der Waals surface area contributed by atoms with Crippen LogP contribution in [-0.4, -0.2) is 28.8 Å². The number of methoxy groups -OCH3 is 1. The second kappa shape index (κ2) is 5.17. The SMILES string of the molecule is COC1CCCC1NCc1ncc(Cl)n1C. The molecule has 90 valence electrons. The Morgan fingerprint density at radius 1 is 1.62 bits per heavy atom. The molecule has 0 aromatic carbocycles. The Morgan fingerprint density at radius 2 is 2.44 bits per heavy atom. The minimum Gasteiger partial charge on any atom is -0.380 e. The monoisotopic (exact) mass is 243 g/mol. The lowest BCUT2D eigenvalue weighted by molar-refractivity contribution is 0.0844. The van der Waals surface area contributed by atoms with Crippen LogP contribution in [-0.2, 0) is 18.3 Å². The third-order valence-electron chi connectivity index (χ3n) is 3.31. The molecule has 0 spiro atoms. The van der Waals surface area contributed by atoms with Crippen molar-refractivity contribution in [1.29, 1.82) is 0 Å². The number of rotatable bonds is 4. The lowest BCUT2D eigenvalue weighted by Crippen LogP contribution is -2.36. The minimum absolute atomic E-state index is 0.343. The molecule has 1 aromatic heterocycles. The molecular formula is C11H18ClN3O. The van der Waals surface area contributed by atoms with Crippen LogP contribution in [0.15, 0.2) is 6.20 Å². The zero-order chi connectivity index (χ0) is 11.5. The summed E-state index contributed by atoms with van der Waals surface area (Å²) in [5.41, 5.74) is 0. The van der Waals surface area contributed by atoms with Crippen LogP contribution in [0.5, 0.6) is 0 Å². The molecule has 1 saturated carbocycles. The van der Waals surface area contributed by atoms with Gasteiger partial charge in [0.25, 0.3) is 0 Å². The summed E-state index contributed by atoms with van der Waals surface area (Å²) in [7, 11) is 3.71. The zero-order valence-electron chi connectivity index (χ0n) is 9.74. The van der Waals surface area contributed by atoms with Crippen LogP contribution in [0.1, 0.15) is 25.1 Å². The van der Waals surface area contributed by atoms with Gasteiger partial charge in [-0.15, -0.1) is 0 Å². The first-order chi connectivity index (χ1) is 7.72. The van der Waals surface area contributed by atoms with Gasteiger partial charge in [-0.1, -0.05) is 11.6 Å². The number of hydrogen-bond acceptors (Lipinski definition) is 3. The third kappa shape index (κ3) is 2.39. The molecule has 0 amide bonds. The van der Waals surface area contributed by atoms with E-state index in [0.717, 1.165) is 18.8 Å². The molecule has 16 heavy (non-hydrogen) atoms. The van der Waals surface area contributed by atoms with Crippen molar-refractivity contribution in [1.82, 2.24) is 14.9 Å². The van der Waals surface area contributed by atoms with Gasteiger partial charge in [-0.25, -0.2) is 4.98 Å². The highest BCUT2D eigenvalue weighted by molar-refractivity contribution is 6.29. The standard InChI is InChI=1S/C11H18ClN3O/c1-15-10(12)6-14-11(15)7-13-8-4-3-5-9(8)16-2/h6,8-9,13H,3-5,7H2,1-2H3. The van der Waals surface area contributed by atoms with E-state index in [-0.39, 0.29) is 0 Å². The summed E-state index contributed by atoms with van der Waals surface area (Å²) in [6.07, 6.45) is 5.58. The van der Waals surface area contributed by atoms with E-state index in [2.05, 4.69) is 10.3 Å². The van der Waals surface area contributed by atoms with Gasteiger partial charge in [0.1, 0.15) is 11.0 Å². The van der Waals surface area contributed by atoms with Crippen molar-refractivity contribution in [3.8, 4) is 0 Å². The molecular weight excluding hydrogens is 226 g/mol. The maximum absolute atomic E-state index is 5.93. The highest BCUT2D eigenvalue weighted by atomic mass is 35.5. The first-order valence-electron chi connectivity index (χ1n) is 5.64. The lowest BCUT2D eigenvalue weighted by Gasteiger charge is -2.19. The minimum atomic E-state index is 0.343. The van der Waals surface area contributed by atoms with Crippen LogP contribution in [0.3, 0.4) is 0 Å². The molecule has 4 nitrogen and oxygen atoms in total. The Morgan fingerprint density at radius 3 is 3.06 bits per heavy atom. The number of halogens is 1. The number of hydrogen-bond donors (Lipinski definition) is 1. The van der Waals surface area contributed by atoms with E-state index in [9.17, 15) is 0 Å². The second-order valence-electron chi connectivity index (χ2n) is 4.25. The predicted octanol–water partition coefficient (Wildman–Crippen LogP) is 1.73. The average molecular weight is 244 g/mol. The van der Waals surface area contributed by atoms with Crippen LogP contribution in [0.25, 0.3) is 0 Å². The summed E-state index contributed by atoms with van der Waals surface area (Å²) in [5.74, 6) is 0.965. The number of ether oxygens (including phenoxy) is 1. The van der Waals surface area contributed by atoms with Gasteiger partial charge in [0.2, 0.25) is 0 Å². The normalized spacial score (nSPS) is 25.2. The summed E-state index contributed by atoms with van der Waals surface area (Å²) < 4.78 is 7.33. The largest absolute Gasteiger partial charge is 0.380 e. The zero-order valence-corrected chi connectivity index (χ0v) is 10.5. The van der Waals surface area contributed by atoms with Gasteiger partial charge in [-0.2, -0.15) is 0 Å². The van der Waals surface area contributed by atoms with Gasteiger partial charge in [0, 0.05) is 20.2 Å². The van der Waals surface area contributed by atoms with E-state index in [1.165, 1.54) is 12.8 Å². The van der Waals surface area contributed by atoms with Crippen molar-refractivity contribution in [2.75, 3.05) is 7.11 Å². The molecule has 1 aliphatic carbocycles. The molecule has 1 heterocycles. The fraction of sp³-hybridized carbons (Fsp3) is 0.727. The molecule has 0 aliphatic heterocycles. The molecule has 1 aromatic rings. The average Bonchev–Trinajstić information content (AvgIpc) is 2.86. The molecule has 0 saturated heterocycles. The third-order valence-corrected chi connectivity index (χ3v) is 3.66. The molecule has 2 rings (SSSR count). The molecule has 0 bridgehead atoms. The molecule has 2 atom stereocenters. The Balaban J connectivity index is 1.89. The fourth-order valence-corrected chi connectivity index (χ4v) is 2.40. The van der Waals surface area contributed by atoms with E-state index in [1.807, 2.05) is 11.6 Å². The van der Waals surface area contributed by atoms with Crippen LogP contribution in [0.2, 0.25) is 5.15 Å². The summed E-state index contributed by atoms with van der Waals surface area (Å²) >= 11 is 5.93. The topological polar surface area (TPSA) is 39.1 Å². The highest BCUT2D eigenvalue weighted by Gasteiger charge is 2.26. The second-order valence-corrected chi connectivity index (χ2v) is 4.64. The fourth-order valence-electron chi connectivity index (χ4n) is 2.25. The quantitative estimate of drug-likeness (QED) is 0.876. The molecule has 0 radical (unpaired) electrons. The van der Waals surface area contributed by atoms with E-state index < -0.39 is 0 Å². The highest BCUT2D eigenvalue weighted by Crippen LogP contribution is 2.21. The van der Waals surface area contributed by atoms with E-state index >= 15 is 0 Å². The number of nitrogens with one attached hydrogen (secondary N) is 1. The van der Waals surface area contributed by atoms with Crippen molar-refractivity contribution in [3.63, 3.8) is 0 Å². The number of nitrogens with zero attached hydrogens (tertiary/aromatic N) is 2. The van der Waals surface area contributed by atoms with E-state index in [1.54, 1.807) is 13.3 Å². The van der Waals surface area contributed by atoms with Gasteiger partial charge in [-0.3, -0.25) is 0 Å². The summed E-state index contributed by atoms with van der Waals surface area (Å²) in [6, 6.07) is 0.445. The van der Waals surface area contributed by atoms with Gasteiger partial charge >= 0.3 is 0 Å². The van der Waals surface area contributed by atoms with Crippen molar-refractivity contribution < 1.29 is 4.74 Å². The molecule has 1 N–H and O–H groups in total. The number of aromatic nitrogens is 2. The maximum Gasteiger partial charge on any atom is 0.128 e. The van der Waals surface area contributed by atoms with Crippen LogP contribution < -0.4 is 5.32 Å². The Labute approximate surface area is 101 Å². The number of imidazole rings is 1. The van der Waals surface area contributed by atoms with Crippen LogP contribution in [0.4, 0.5) is 0 Å². The Hall–Kier alpha value is -0.580. The van der Waals surface area contributed by atoms with Crippen molar-refractivity contribution in [2.45, 2.75) is 38.0 Å². The summed E-state index contributed by atoms with van der Waals surface area (Å²) in [4.78, 5) is 4.25. The van der Waals surface area contributed by atoms with Crippen molar-refractivity contribution >= 4 is 11.6 Å². The van der Waals surface area contributed by atoms with Gasteiger partial charge in [-0.05, 0) is 19.3 Å². The van der Waals surface area contributed by atoms with Crippen LogP contribution in [0, 0.1) is 0 Å². The Bertz CT molecular complexity index is 353. The lowest BCUT2D eigenvalue weighted by atomic mass is 10.2. The first-order valence-corrected chi connectivity index (χ1v) is 6.02. The summed E-state index contributed by atoms with van der Waals surface area (Å²) in [5, 5.41) is 4.16. The molecule has 5 heteroatoms.